The van der Waals surface area contributed by atoms with Crippen LogP contribution in [0, 0.1) is 0 Å². The first kappa shape index (κ1) is 16.0. The van der Waals surface area contributed by atoms with Crippen LogP contribution >= 0.6 is 0 Å². The minimum absolute atomic E-state index is 0.0602. The largest absolute Gasteiger partial charge is 0.380 e. The topological polar surface area (TPSA) is 41.6 Å². The van der Waals surface area contributed by atoms with Crippen LogP contribution < -0.4 is 5.32 Å². The summed E-state index contributed by atoms with van der Waals surface area (Å²) in [6.07, 6.45) is 0.986. The molecule has 0 radical (unpaired) electrons. The van der Waals surface area contributed by atoms with Crippen LogP contribution in [0.2, 0.25) is 0 Å². The fourth-order valence-corrected chi connectivity index (χ4v) is 2.67. The molecular formula is C17H26N2O2. The zero-order valence-electron chi connectivity index (χ0n) is 13.3. The molecule has 21 heavy (non-hydrogen) atoms. The average molecular weight is 290 g/mol. The van der Waals surface area contributed by atoms with Crippen LogP contribution in [-0.2, 0) is 9.53 Å². The number of hydrogen-bond donors (Lipinski definition) is 1. The van der Waals surface area contributed by atoms with Crippen molar-refractivity contribution < 1.29 is 9.53 Å². The number of rotatable bonds is 4. The Hall–Kier alpha value is -1.39. The third-order valence-electron chi connectivity index (χ3n) is 4.02. The Morgan fingerprint density at radius 3 is 2.71 bits per heavy atom. The van der Waals surface area contributed by atoms with E-state index in [0.29, 0.717) is 12.5 Å². The molecule has 1 aromatic carbocycles. The van der Waals surface area contributed by atoms with Gasteiger partial charge in [-0.1, -0.05) is 32.0 Å². The molecule has 1 aromatic rings. The van der Waals surface area contributed by atoms with Crippen molar-refractivity contribution in [2.45, 2.75) is 39.2 Å². The lowest BCUT2D eigenvalue weighted by Gasteiger charge is -2.26. The maximum absolute atomic E-state index is 12.5. The second-order valence-electron chi connectivity index (χ2n) is 5.91. The number of nitrogens with zero attached hydrogens (tertiary/aromatic N) is 1. The van der Waals surface area contributed by atoms with Gasteiger partial charge in [0.05, 0.1) is 12.6 Å². The van der Waals surface area contributed by atoms with Crippen LogP contribution in [0.1, 0.15) is 38.7 Å². The molecule has 4 heteroatoms. The van der Waals surface area contributed by atoms with Crippen molar-refractivity contribution in [1.29, 1.82) is 0 Å². The second-order valence-corrected chi connectivity index (χ2v) is 5.91. The molecule has 1 saturated heterocycles. The maximum atomic E-state index is 12.5. The van der Waals surface area contributed by atoms with Crippen molar-refractivity contribution in [1.82, 2.24) is 4.90 Å². The summed E-state index contributed by atoms with van der Waals surface area (Å²) in [5.74, 6) is 0.452. The Morgan fingerprint density at radius 2 is 1.95 bits per heavy atom. The van der Waals surface area contributed by atoms with E-state index in [1.807, 2.05) is 25.1 Å². The molecule has 0 bridgehead atoms. The summed E-state index contributed by atoms with van der Waals surface area (Å²) in [5, 5.41) is 3.09. The molecule has 0 saturated carbocycles. The molecule has 1 amide bonds. The Balaban J connectivity index is 2.03. The van der Waals surface area contributed by atoms with Crippen molar-refractivity contribution in [3.8, 4) is 0 Å². The lowest BCUT2D eigenvalue weighted by molar-refractivity contribution is -0.120. The van der Waals surface area contributed by atoms with E-state index in [2.05, 4.69) is 30.1 Å². The van der Waals surface area contributed by atoms with E-state index in [1.165, 1.54) is 5.56 Å². The molecule has 1 atom stereocenters. The molecule has 0 aliphatic carbocycles. The SMILES string of the molecule is CC(C)c1ccccc1NC(=O)C(C)N1CCCOCC1. The van der Waals surface area contributed by atoms with E-state index in [4.69, 9.17) is 4.74 Å². The van der Waals surface area contributed by atoms with Gasteiger partial charge in [0.25, 0.3) is 0 Å². The van der Waals surface area contributed by atoms with Gasteiger partial charge in [0, 0.05) is 25.4 Å². The van der Waals surface area contributed by atoms with Gasteiger partial charge in [0.2, 0.25) is 5.91 Å². The van der Waals surface area contributed by atoms with Crippen LogP contribution in [0.4, 0.5) is 5.69 Å². The van der Waals surface area contributed by atoms with Crippen LogP contribution in [0.3, 0.4) is 0 Å². The highest BCUT2D eigenvalue weighted by atomic mass is 16.5. The molecule has 1 fully saturated rings. The van der Waals surface area contributed by atoms with Gasteiger partial charge in [-0.15, -0.1) is 0 Å². The van der Waals surface area contributed by atoms with Crippen molar-refractivity contribution in [3.63, 3.8) is 0 Å². The molecule has 1 aliphatic heterocycles. The first-order chi connectivity index (χ1) is 10.1. The zero-order valence-corrected chi connectivity index (χ0v) is 13.3. The van der Waals surface area contributed by atoms with Gasteiger partial charge in [0.15, 0.2) is 0 Å². The molecule has 4 nitrogen and oxygen atoms in total. The van der Waals surface area contributed by atoms with Crippen LogP contribution in [0.15, 0.2) is 24.3 Å². The summed E-state index contributed by atoms with van der Waals surface area (Å²) in [6.45, 7) is 9.49. The van der Waals surface area contributed by atoms with Crippen molar-refractivity contribution in [2.24, 2.45) is 0 Å². The Morgan fingerprint density at radius 1 is 1.19 bits per heavy atom. The minimum atomic E-state index is -0.132. The molecule has 1 aliphatic rings. The third kappa shape index (κ3) is 4.29. The van der Waals surface area contributed by atoms with Gasteiger partial charge in [-0.2, -0.15) is 0 Å². The highest BCUT2D eigenvalue weighted by Gasteiger charge is 2.23. The Kier molecular flexibility index (Phi) is 5.76. The number of para-hydroxylation sites is 1. The van der Waals surface area contributed by atoms with Gasteiger partial charge in [0.1, 0.15) is 0 Å². The molecule has 1 N–H and O–H groups in total. The number of carbonyl (C=O) groups is 1. The predicted octanol–water partition coefficient (Wildman–Crippen LogP) is 2.86. The molecule has 1 heterocycles. The number of carbonyl (C=O) groups excluding carboxylic acids is 1. The number of amides is 1. The molecule has 0 spiro atoms. The van der Waals surface area contributed by atoms with E-state index in [9.17, 15) is 4.79 Å². The molecule has 116 valence electrons. The standard InChI is InChI=1S/C17H26N2O2/c1-13(2)15-7-4-5-8-16(15)18-17(20)14(3)19-9-6-11-21-12-10-19/h4-5,7-8,13-14H,6,9-12H2,1-3H3,(H,18,20). The first-order valence-corrected chi connectivity index (χ1v) is 7.81. The van der Waals surface area contributed by atoms with Crippen LogP contribution in [-0.4, -0.2) is 43.2 Å². The zero-order chi connectivity index (χ0) is 15.2. The maximum Gasteiger partial charge on any atom is 0.241 e. The molecular weight excluding hydrogens is 264 g/mol. The fourth-order valence-electron chi connectivity index (χ4n) is 2.67. The van der Waals surface area contributed by atoms with Gasteiger partial charge in [-0.3, -0.25) is 9.69 Å². The van der Waals surface area contributed by atoms with Gasteiger partial charge < -0.3 is 10.1 Å². The smallest absolute Gasteiger partial charge is 0.241 e. The number of ether oxygens (including phenoxy) is 1. The van der Waals surface area contributed by atoms with Gasteiger partial charge in [-0.25, -0.2) is 0 Å². The lowest BCUT2D eigenvalue weighted by Crippen LogP contribution is -2.43. The molecule has 2 rings (SSSR count). The van der Waals surface area contributed by atoms with E-state index in [0.717, 1.165) is 31.8 Å². The predicted molar refractivity (Wildman–Crippen MR) is 85.6 cm³/mol. The number of hydrogen-bond acceptors (Lipinski definition) is 3. The average Bonchev–Trinajstić information content (AvgIpc) is 2.75. The third-order valence-corrected chi connectivity index (χ3v) is 4.02. The number of anilines is 1. The highest BCUT2D eigenvalue weighted by Crippen LogP contribution is 2.24. The lowest BCUT2D eigenvalue weighted by atomic mass is 10.0. The van der Waals surface area contributed by atoms with Crippen LogP contribution in [0.25, 0.3) is 0 Å². The summed E-state index contributed by atoms with van der Waals surface area (Å²) in [7, 11) is 0. The molecule has 0 aromatic heterocycles. The van der Waals surface area contributed by atoms with Gasteiger partial charge >= 0.3 is 0 Å². The highest BCUT2D eigenvalue weighted by molar-refractivity contribution is 5.95. The Bertz CT molecular complexity index is 466. The number of nitrogens with one attached hydrogen (secondary N) is 1. The van der Waals surface area contributed by atoms with E-state index < -0.39 is 0 Å². The quantitative estimate of drug-likeness (QED) is 0.927. The van der Waals surface area contributed by atoms with Crippen LogP contribution in [0.5, 0.6) is 0 Å². The molecule has 1 unspecified atom stereocenters. The summed E-state index contributed by atoms with van der Waals surface area (Å²) in [4.78, 5) is 14.7. The normalized spacial score (nSPS) is 18.3. The van der Waals surface area contributed by atoms with E-state index in [-0.39, 0.29) is 11.9 Å². The van der Waals surface area contributed by atoms with E-state index in [1.54, 1.807) is 0 Å². The summed E-state index contributed by atoms with van der Waals surface area (Å²) in [5.41, 5.74) is 2.10. The summed E-state index contributed by atoms with van der Waals surface area (Å²) >= 11 is 0. The Labute approximate surface area is 127 Å². The van der Waals surface area contributed by atoms with Crippen molar-refractivity contribution in [2.75, 3.05) is 31.6 Å². The first-order valence-electron chi connectivity index (χ1n) is 7.81. The number of benzene rings is 1. The summed E-state index contributed by atoms with van der Waals surface area (Å²) < 4.78 is 5.45. The minimum Gasteiger partial charge on any atom is -0.380 e. The van der Waals surface area contributed by atoms with Crippen molar-refractivity contribution in [3.05, 3.63) is 29.8 Å². The monoisotopic (exact) mass is 290 g/mol. The summed E-state index contributed by atoms with van der Waals surface area (Å²) in [6, 6.07) is 7.90. The van der Waals surface area contributed by atoms with Gasteiger partial charge in [-0.05, 0) is 30.9 Å². The van der Waals surface area contributed by atoms with Crippen molar-refractivity contribution >= 4 is 11.6 Å². The second kappa shape index (κ2) is 7.57. The van der Waals surface area contributed by atoms with E-state index >= 15 is 0 Å². The fraction of sp³-hybridized carbons (Fsp3) is 0.588.